The summed E-state index contributed by atoms with van der Waals surface area (Å²) >= 11 is 5.77. The molecule has 0 saturated carbocycles. The first kappa shape index (κ1) is 10.6. The van der Waals surface area contributed by atoms with Crippen molar-refractivity contribution < 1.29 is 9.90 Å². The molecule has 1 heterocycles. The molecule has 2 aromatic rings. The van der Waals surface area contributed by atoms with Crippen LogP contribution >= 0.6 is 11.6 Å². The minimum absolute atomic E-state index is 0.0395. The van der Waals surface area contributed by atoms with E-state index in [-0.39, 0.29) is 5.69 Å². The fourth-order valence-corrected chi connectivity index (χ4v) is 1.46. The Labute approximate surface area is 97.3 Å². The Morgan fingerprint density at radius 2 is 1.69 bits per heavy atom. The van der Waals surface area contributed by atoms with E-state index < -0.39 is 5.97 Å². The van der Waals surface area contributed by atoms with Crippen LogP contribution in [0.15, 0.2) is 42.6 Å². The highest BCUT2D eigenvalue weighted by Crippen LogP contribution is 2.20. The van der Waals surface area contributed by atoms with Crippen LogP contribution in [-0.2, 0) is 0 Å². The van der Waals surface area contributed by atoms with Crippen molar-refractivity contribution in [3.63, 3.8) is 0 Å². The van der Waals surface area contributed by atoms with Gasteiger partial charge in [0.2, 0.25) is 0 Å². The van der Waals surface area contributed by atoms with Crippen molar-refractivity contribution in [1.29, 1.82) is 0 Å². The van der Waals surface area contributed by atoms with E-state index in [4.69, 9.17) is 16.7 Å². The molecule has 0 radical (unpaired) electrons. The van der Waals surface area contributed by atoms with E-state index in [9.17, 15) is 4.79 Å². The quantitative estimate of drug-likeness (QED) is 0.867. The Morgan fingerprint density at radius 3 is 2.19 bits per heavy atom. The minimum atomic E-state index is -1.03. The molecule has 0 atom stereocenters. The summed E-state index contributed by atoms with van der Waals surface area (Å²) in [5, 5.41) is 9.37. The molecule has 16 heavy (non-hydrogen) atoms. The van der Waals surface area contributed by atoms with Crippen LogP contribution in [0.25, 0.3) is 11.1 Å². The average Bonchev–Trinajstić information content (AvgIpc) is 2.30. The van der Waals surface area contributed by atoms with Gasteiger partial charge in [-0.2, -0.15) is 0 Å². The molecule has 1 aromatic heterocycles. The summed E-state index contributed by atoms with van der Waals surface area (Å²) < 4.78 is 0. The fraction of sp³-hybridized carbons (Fsp3) is 0. The van der Waals surface area contributed by atoms with Crippen LogP contribution in [0.5, 0.6) is 0 Å². The first-order chi connectivity index (χ1) is 7.66. The van der Waals surface area contributed by atoms with Crippen molar-refractivity contribution in [2.75, 3.05) is 0 Å². The zero-order valence-corrected chi connectivity index (χ0v) is 8.98. The highest BCUT2D eigenvalue weighted by molar-refractivity contribution is 6.30. The number of carbonyl (C=O) groups is 1. The number of rotatable bonds is 2. The van der Waals surface area contributed by atoms with Crippen LogP contribution < -0.4 is 0 Å². The summed E-state index contributed by atoms with van der Waals surface area (Å²) in [5.74, 6) is -1.03. The van der Waals surface area contributed by atoms with Crippen LogP contribution in [0.1, 0.15) is 10.5 Å². The van der Waals surface area contributed by atoms with Gasteiger partial charge >= 0.3 is 5.97 Å². The number of halogens is 1. The van der Waals surface area contributed by atoms with Crippen molar-refractivity contribution in [1.82, 2.24) is 4.98 Å². The highest BCUT2D eigenvalue weighted by atomic mass is 35.5. The van der Waals surface area contributed by atoms with E-state index in [0.29, 0.717) is 5.02 Å². The standard InChI is InChI=1S/C12H8ClNO2/c13-10-4-1-8(2-5-10)9-3-6-11(12(15)16)14-7-9/h1-7H,(H,15,16). The summed E-state index contributed by atoms with van der Waals surface area (Å²) in [4.78, 5) is 14.5. The van der Waals surface area contributed by atoms with Gasteiger partial charge in [0, 0.05) is 16.8 Å². The van der Waals surface area contributed by atoms with E-state index in [1.54, 1.807) is 18.2 Å². The number of carboxylic acids is 1. The lowest BCUT2D eigenvalue weighted by atomic mass is 10.1. The van der Waals surface area contributed by atoms with Crippen molar-refractivity contribution in [3.05, 3.63) is 53.3 Å². The molecule has 0 amide bonds. The van der Waals surface area contributed by atoms with E-state index >= 15 is 0 Å². The van der Waals surface area contributed by atoms with Gasteiger partial charge in [0.05, 0.1) is 0 Å². The minimum Gasteiger partial charge on any atom is -0.477 e. The molecule has 80 valence electrons. The molecule has 0 saturated heterocycles. The molecule has 0 aliphatic heterocycles. The molecular formula is C12H8ClNO2. The molecule has 4 heteroatoms. The largest absolute Gasteiger partial charge is 0.477 e. The molecule has 2 rings (SSSR count). The lowest BCUT2D eigenvalue weighted by Gasteiger charge is -2.01. The Balaban J connectivity index is 2.34. The maximum absolute atomic E-state index is 10.6. The zero-order chi connectivity index (χ0) is 11.5. The summed E-state index contributed by atoms with van der Waals surface area (Å²) in [6, 6.07) is 10.5. The van der Waals surface area contributed by atoms with Gasteiger partial charge in [0.1, 0.15) is 5.69 Å². The van der Waals surface area contributed by atoms with E-state index in [1.807, 2.05) is 12.1 Å². The maximum Gasteiger partial charge on any atom is 0.354 e. The normalized spacial score (nSPS) is 10.1. The second-order valence-electron chi connectivity index (χ2n) is 3.24. The predicted octanol–water partition coefficient (Wildman–Crippen LogP) is 3.10. The van der Waals surface area contributed by atoms with Gasteiger partial charge in [-0.05, 0) is 23.8 Å². The molecule has 0 aliphatic rings. The third-order valence-electron chi connectivity index (χ3n) is 2.16. The van der Waals surface area contributed by atoms with E-state index in [0.717, 1.165) is 11.1 Å². The summed E-state index contributed by atoms with van der Waals surface area (Å²) in [5.41, 5.74) is 1.85. The Bertz CT molecular complexity index is 506. The van der Waals surface area contributed by atoms with Crippen molar-refractivity contribution in [3.8, 4) is 11.1 Å². The van der Waals surface area contributed by atoms with Crippen LogP contribution in [0, 0.1) is 0 Å². The molecule has 0 bridgehead atoms. The van der Waals surface area contributed by atoms with Crippen LogP contribution in [0.3, 0.4) is 0 Å². The number of carboxylic acid groups (broad SMARTS) is 1. The van der Waals surface area contributed by atoms with Crippen LogP contribution in [0.4, 0.5) is 0 Å². The lowest BCUT2D eigenvalue weighted by Crippen LogP contribution is -1.98. The molecule has 0 aliphatic carbocycles. The predicted molar refractivity (Wildman–Crippen MR) is 61.6 cm³/mol. The molecule has 0 unspecified atom stereocenters. The number of aromatic carboxylic acids is 1. The van der Waals surface area contributed by atoms with Gasteiger partial charge in [-0.25, -0.2) is 9.78 Å². The number of pyridine rings is 1. The topological polar surface area (TPSA) is 50.2 Å². The van der Waals surface area contributed by atoms with Crippen LogP contribution in [-0.4, -0.2) is 16.1 Å². The smallest absolute Gasteiger partial charge is 0.354 e. The summed E-state index contributed by atoms with van der Waals surface area (Å²) in [6.07, 6.45) is 1.53. The Hall–Kier alpha value is -1.87. The third kappa shape index (κ3) is 2.20. The van der Waals surface area contributed by atoms with Crippen molar-refractivity contribution in [2.45, 2.75) is 0 Å². The molecular weight excluding hydrogens is 226 g/mol. The van der Waals surface area contributed by atoms with Gasteiger partial charge < -0.3 is 5.11 Å². The summed E-state index contributed by atoms with van der Waals surface area (Å²) in [6.45, 7) is 0. The SMILES string of the molecule is O=C(O)c1ccc(-c2ccc(Cl)cc2)cn1. The third-order valence-corrected chi connectivity index (χ3v) is 2.41. The average molecular weight is 234 g/mol. The van der Waals surface area contributed by atoms with Crippen LogP contribution in [0.2, 0.25) is 5.02 Å². The number of hydrogen-bond donors (Lipinski definition) is 1. The number of nitrogens with zero attached hydrogens (tertiary/aromatic N) is 1. The van der Waals surface area contributed by atoms with Gasteiger partial charge in [0.25, 0.3) is 0 Å². The van der Waals surface area contributed by atoms with Crippen molar-refractivity contribution >= 4 is 17.6 Å². The van der Waals surface area contributed by atoms with Gasteiger partial charge in [-0.3, -0.25) is 0 Å². The highest BCUT2D eigenvalue weighted by Gasteiger charge is 2.04. The first-order valence-corrected chi connectivity index (χ1v) is 5.00. The fourth-order valence-electron chi connectivity index (χ4n) is 1.33. The number of benzene rings is 1. The molecule has 0 spiro atoms. The number of hydrogen-bond acceptors (Lipinski definition) is 2. The summed E-state index contributed by atoms with van der Waals surface area (Å²) in [7, 11) is 0. The van der Waals surface area contributed by atoms with E-state index in [2.05, 4.69) is 4.98 Å². The Kier molecular flexibility index (Phi) is 2.88. The Morgan fingerprint density at radius 1 is 1.06 bits per heavy atom. The van der Waals surface area contributed by atoms with Crippen molar-refractivity contribution in [2.24, 2.45) is 0 Å². The zero-order valence-electron chi connectivity index (χ0n) is 8.22. The number of aromatic nitrogens is 1. The maximum atomic E-state index is 10.6. The monoisotopic (exact) mass is 233 g/mol. The second kappa shape index (κ2) is 4.33. The lowest BCUT2D eigenvalue weighted by molar-refractivity contribution is 0.0690. The first-order valence-electron chi connectivity index (χ1n) is 4.62. The van der Waals surface area contributed by atoms with Gasteiger partial charge in [-0.1, -0.05) is 29.8 Å². The molecule has 1 aromatic carbocycles. The molecule has 0 fully saturated rings. The van der Waals surface area contributed by atoms with E-state index in [1.165, 1.54) is 12.3 Å². The second-order valence-corrected chi connectivity index (χ2v) is 3.68. The van der Waals surface area contributed by atoms with Gasteiger partial charge in [0.15, 0.2) is 0 Å². The molecule has 3 nitrogen and oxygen atoms in total. The van der Waals surface area contributed by atoms with Gasteiger partial charge in [-0.15, -0.1) is 0 Å². The molecule has 1 N–H and O–H groups in total.